The highest BCUT2D eigenvalue weighted by molar-refractivity contribution is 5.95. The Balaban J connectivity index is 1.33. The number of aryl methyl sites for hydroxylation is 1. The minimum atomic E-state index is 0.289. The minimum absolute atomic E-state index is 0.289. The van der Waals surface area contributed by atoms with E-state index in [1.54, 1.807) is 20.4 Å². The van der Waals surface area contributed by atoms with E-state index in [4.69, 9.17) is 26.0 Å². The first-order valence-corrected chi connectivity index (χ1v) is 12.8. The highest BCUT2D eigenvalue weighted by atomic mass is 16.5. The van der Waals surface area contributed by atoms with E-state index < -0.39 is 0 Å². The Morgan fingerprint density at radius 1 is 1.15 bits per heavy atom. The molecule has 13 heteroatoms. The molecule has 0 bridgehead atoms. The first-order chi connectivity index (χ1) is 19.5. The Labute approximate surface area is 230 Å². The molecule has 0 spiro atoms. The predicted molar refractivity (Wildman–Crippen MR) is 149 cm³/mol. The Bertz CT molecular complexity index is 1650. The first kappa shape index (κ1) is 25.3. The molecule has 0 saturated carbocycles. The Morgan fingerprint density at radius 3 is 2.75 bits per heavy atom. The zero-order chi connectivity index (χ0) is 27.6. The summed E-state index contributed by atoms with van der Waals surface area (Å²) in [6.07, 6.45) is 2.80. The molecule has 0 unspecified atom stereocenters. The van der Waals surface area contributed by atoms with Gasteiger partial charge in [0.05, 0.1) is 68.3 Å². The van der Waals surface area contributed by atoms with Crippen LogP contribution in [-0.4, -0.2) is 74.3 Å². The van der Waals surface area contributed by atoms with Crippen LogP contribution < -0.4 is 15.0 Å². The Hall–Kier alpha value is -4.96. The summed E-state index contributed by atoms with van der Waals surface area (Å²) in [6, 6.07) is 7.68. The Morgan fingerprint density at radius 2 is 2.00 bits per heavy atom. The third kappa shape index (κ3) is 4.92. The van der Waals surface area contributed by atoms with Crippen LogP contribution in [0.25, 0.3) is 16.2 Å². The van der Waals surface area contributed by atoms with Gasteiger partial charge in [0.1, 0.15) is 5.69 Å². The van der Waals surface area contributed by atoms with Crippen molar-refractivity contribution < 1.29 is 9.47 Å². The summed E-state index contributed by atoms with van der Waals surface area (Å²) in [7, 11) is 3.33. The first-order valence-electron chi connectivity index (χ1n) is 12.8. The van der Waals surface area contributed by atoms with Crippen LogP contribution in [0.15, 0.2) is 35.5 Å². The van der Waals surface area contributed by atoms with Crippen LogP contribution in [-0.2, 0) is 24.6 Å². The molecule has 0 aliphatic carbocycles. The molecule has 0 radical (unpaired) electrons. The van der Waals surface area contributed by atoms with Gasteiger partial charge in [-0.15, -0.1) is 15.2 Å². The zero-order valence-electron chi connectivity index (χ0n) is 22.4. The van der Waals surface area contributed by atoms with Crippen LogP contribution >= 0.6 is 0 Å². The number of methoxy groups -OCH3 is 1. The molecular weight excluding hydrogens is 510 g/mol. The van der Waals surface area contributed by atoms with E-state index in [9.17, 15) is 0 Å². The number of pyridine rings is 1. The van der Waals surface area contributed by atoms with Crippen molar-refractivity contribution >= 4 is 34.4 Å². The molecule has 4 aromatic rings. The molecule has 2 aliphatic rings. The van der Waals surface area contributed by atoms with Gasteiger partial charge in [-0.25, -0.2) is 4.98 Å². The van der Waals surface area contributed by atoms with Crippen LogP contribution in [0, 0.1) is 6.57 Å². The molecule has 2 aliphatic heterocycles. The van der Waals surface area contributed by atoms with Crippen LogP contribution in [0.5, 0.6) is 5.75 Å². The SMILES string of the molecule is [C-]#[N+]c1nc(Cc2cc(Nc3cccc(-c4nnn(C)n4)c3OC)c3c(n2)CC(C)=N3)cnc1N1CCOCC1. The second kappa shape index (κ2) is 10.7. The quantitative estimate of drug-likeness (QED) is 0.350. The number of morpholine rings is 1. The molecule has 6 rings (SSSR count). The maximum atomic E-state index is 7.68. The third-order valence-corrected chi connectivity index (χ3v) is 6.65. The highest BCUT2D eigenvalue weighted by Crippen LogP contribution is 2.41. The normalized spacial score (nSPS) is 14.4. The van der Waals surface area contributed by atoms with E-state index >= 15 is 0 Å². The number of anilines is 3. The van der Waals surface area contributed by atoms with E-state index in [-0.39, 0.29) is 5.82 Å². The number of nitrogens with one attached hydrogen (secondary N) is 1. The van der Waals surface area contributed by atoms with Crippen LogP contribution in [0.2, 0.25) is 0 Å². The predicted octanol–water partition coefficient (Wildman–Crippen LogP) is 3.44. The topological polar surface area (TPSA) is 133 Å². The molecule has 5 heterocycles. The fraction of sp³-hybridized carbons (Fsp3) is 0.333. The van der Waals surface area contributed by atoms with Crippen molar-refractivity contribution in [2.24, 2.45) is 12.0 Å². The molecule has 202 valence electrons. The number of aromatic nitrogens is 7. The number of nitrogens with zero attached hydrogens (tertiary/aromatic N) is 10. The van der Waals surface area contributed by atoms with Crippen molar-refractivity contribution in [3.8, 4) is 17.1 Å². The lowest BCUT2D eigenvalue weighted by atomic mass is 10.1. The van der Waals surface area contributed by atoms with Gasteiger partial charge in [0.15, 0.2) is 17.3 Å². The van der Waals surface area contributed by atoms with Gasteiger partial charge in [-0.1, -0.05) is 12.6 Å². The maximum Gasteiger partial charge on any atom is 0.312 e. The molecule has 1 aromatic carbocycles. The van der Waals surface area contributed by atoms with Gasteiger partial charge in [-0.3, -0.25) is 9.98 Å². The van der Waals surface area contributed by atoms with Gasteiger partial charge in [-0.05, 0) is 30.3 Å². The molecule has 13 nitrogen and oxygen atoms in total. The van der Waals surface area contributed by atoms with Gasteiger partial charge in [-0.2, -0.15) is 4.80 Å². The monoisotopic (exact) mass is 537 g/mol. The molecule has 1 N–H and O–H groups in total. The van der Waals surface area contributed by atoms with Crippen LogP contribution in [0.1, 0.15) is 24.0 Å². The van der Waals surface area contributed by atoms with E-state index in [0.717, 1.165) is 34.2 Å². The smallest absolute Gasteiger partial charge is 0.312 e. The minimum Gasteiger partial charge on any atom is -0.494 e. The largest absolute Gasteiger partial charge is 0.494 e. The number of ether oxygens (including phenoxy) is 2. The van der Waals surface area contributed by atoms with Crippen LogP contribution in [0.3, 0.4) is 0 Å². The molecule has 0 atom stereocenters. The molecule has 1 saturated heterocycles. The fourth-order valence-electron chi connectivity index (χ4n) is 4.88. The van der Waals surface area contributed by atoms with Crippen molar-refractivity contribution in [2.45, 2.75) is 19.8 Å². The summed E-state index contributed by atoms with van der Waals surface area (Å²) >= 11 is 0. The van der Waals surface area contributed by atoms with Crippen molar-refractivity contribution in [3.63, 3.8) is 0 Å². The van der Waals surface area contributed by atoms with E-state index in [0.29, 0.717) is 67.8 Å². The molecule has 40 heavy (non-hydrogen) atoms. The number of rotatable bonds is 7. The van der Waals surface area contributed by atoms with Crippen molar-refractivity contribution in [2.75, 3.05) is 43.6 Å². The number of benzene rings is 1. The number of para-hydroxylation sites is 1. The third-order valence-electron chi connectivity index (χ3n) is 6.65. The van der Waals surface area contributed by atoms with Crippen LogP contribution in [0.4, 0.5) is 28.7 Å². The summed E-state index contributed by atoms with van der Waals surface area (Å²) in [6.45, 7) is 12.3. The van der Waals surface area contributed by atoms with E-state index in [1.165, 1.54) is 4.80 Å². The molecule has 0 amide bonds. The lowest BCUT2D eigenvalue weighted by Gasteiger charge is -2.28. The Kier molecular flexibility index (Phi) is 6.75. The lowest BCUT2D eigenvalue weighted by molar-refractivity contribution is 0.122. The number of aliphatic imine (C=N–C) groups is 1. The summed E-state index contributed by atoms with van der Waals surface area (Å²) in [5, 5.41) is 15.9. The van der Waals surface area contributed by atoms with Gasteiger partial charge in [0.2, 0.25) is 5.82 Å². The standard InChI is InChI=1S/C27H27N11O2/c1-16-12-21-23(30-16)22(33-20-7-5-6-19(24(20)39-4)25-34-36-37(3)35-25)14-17(31-21)13-18-15-29-27(26(28-2)32-18)38-8-10-40-11-9-38/h5-7,14-15H,8-13H2,1,3-4H3,(H,31,33). The van der Waals surface area contributed by atoms with Gasteiger partial charge < -0.3 is 24.5 Å². The number of hydrogen-bond donors (Lipinski definition) is 1. The molecular formula is C27H27N11O2. The summed E-state index contributed by atoms with van der Waals surface area (Å²) < 4.78 is 11.2. The summed E-state index contributed by atoms with van der Waals surface area (Å²) in [4.78, 5) is 26.0. The number of fused-ring (bicyclic) bond motifs is 1. The van der Waals surface area contributed by atoms with E-state index in [2.05, 4.69) is 35.5 Å². The number of hydrogen-bond acceptors (Lipinski definition) is 11. The second-order valence-corrected chi connectivity index (χ2v) is 9.49. The van der Waals surface area contributed by atoms with Gasteiger partial charge in [0.25, 0.3) is 0 Å². The van der Waals surface area contributed by atoms with E-state index in [1.807, 2.05) is 36.1 Å². The van der Waals surface area contributed by atoms with Crippen molar-refractivity contribution in [3.05, 3.63) is 59.0 Å². The van der Waals surface area contributed by atoms with Gasteiger partial charge in [0, 0.05) is 25.2 Å². The maximum absolute atomic E-state index is 7.68. The summed E-state index contributed by atoms with van der Waals surface area (Å²) in [5.41, 5.74) is 6.37. The zero-order valence-corrected chi connectivity index (χ0v) is 22.4. The highest BCUT2D eigenvalue weighted by Gasteiger charge is 2.23. The lowest BCUT2D eigenvalue weighted by Crippen LogP contribution is -2.36. The number of tetrazole rings is 1. The van der Waals surface area contributed by atoms with Crippen molar-refractivity contribution in [1.82, 2.24) is 35.2 Å². The van der Waals surface area contributed by atoms with Gasteiger partial charge >= 0.3 is 5.82 Å². The fourth-order valence-corrected chi connectivity index (χ4v) is 4.88. The molecule has 1 fully saturated rings. The summed E-state index contributed by atoms with van der Waals surface area (Å²) in [5.74, 6) is 1.94. The van der Waals surface area contributed by atoms with Crippen molar-refractivity contribution in [1.29, 1.82) is 0 Å². The average Bonchev–Trinajstić information content (AvgIpc) is 3.58. The average molecular weight is 538 g/mol. The second-order valence-electron chi connectivity index (χ2n) is 9.49. The molecule has 3 aromatic heterocycles.